The van der Waals surface area contributed by atoms with Crippen LogP contribution in [0.2, 0.25) is 0 Å². The molecule has 0 atom stereocenters. The molecule has 11 N–H and O–H groups in total. The summed E-state index contributed by atoms with van der Waals surface area (Å²) in [5, 5.41) is 7.65. The predicted molar refractivity (Wildman–Crippen MR) is 102 cm³/mol. The minimum absolute atomic E-state index is 0.149. The molecular weight excluding hydrogens is 306 g/mol. The molecule has 0 aromatic rings. The van der Waals surface area contributed by atoms with Crippen molar-refractivity contribution in [1.29, 1.82) is 5.41 Å². The van der Waals surface area contributed by atoms with Crippen LogP contribution in [0, 0.1) is 5.41 Å². The lowest BCUT2D eigenvalue weighted by Gasteiger charge is -2.22. The highest BCUT2D eigenvalue weighted by Gasteiger charge is 2.05. The van der Waals surface area contributed by atoms with Gasteiger partial charge in [-0.1, -0.05) is 25.7 Å². The maximum absolute atomic E-state index is 7.65. The Bertz CT molecular complexity index is 354. The first-order valence-electron chi connectivity index (χ1n) is 8.63. The van der Waals surface area contributed by atoms with Gasteiger partial charge in [0.25, 0.3) is 0 Å². The number of rotatable bonds is 14. The minimum atomic E-state index is 0.149. The van der Waals surface area contributed by atoms with E-state index in [4.69, 9.17) is 34.1 Å². The fourth-order valence-corrected chi connectivity index (χ4v) is 2.31. The largest absolute Gasteiger partial charge is 0.370 e. The van der Waals surface area contributed by atoms with Crippen molar-refractivity contribution in [2.24, 2.45) is 38.7 Å². The zero-order valence-electron chi connectivity index (χ0n) is 14.7. The lowest BCUT2D eigenvalue weighted by molar-refractivity contribution is 0.380. The van der Waals surface area contributed by atoms with Crippen molar-refractivity contribution in [1.82, 2.24) is 4.90 Å². The molecule has 0 radical (unpaired) electrons. The molecule has 0 rings (SSSR count). The summed E-state index contributed by atoms with van der Waals surface area (Å²) in [5.41, 5.74) is 26.7. The second kappa shape index (κ2) is 14.4. The first-order valence-corrected chi connectivity index (χ1v) is 8.63. The van der Waals surface area contributed by atoms with Gasteiger partial charge < -0.3 is 33.6 Å². The zero-order valence-corrected chi connectivity index (χ0v) is 14.7. The van der Waals surface area contributed by atoms with Gasteiger partial charge in [-0.3, -0.25) is 15.4 Å². The average molecular weight is 342 g/mol. The molecule has 0 unspecified atom stereocenters. The molecular formula is C15H35N9. The van der Waals surface area contributed by atoms with E-state index in [1.54, 1.807) is 0 Å². The first kappa shape index (κ1) is 21.8. The van der Waals surface area contributed by atoms with Crippen LogP contribution < -0.4 is 28.7 Å². The van der Waals surface area contributed by atoms with E-state index in [9.17, 15) is 0 Å². The number of nitrogens with one attached hydrogen (secondary N) is 1. The Labute approximate surface area is 145 Å². The molecule has 0 heterocycles. The molecule has 9 nitrogen and oxygen atoms in total. The van der Waals surface area contributed by atoms with Crippen molar-refractivity contribution in [3.05, 3.63) is 0 Å². The van der Waals surface area contributed by atoms with Crippen LogP contribution >= 0.6 is 0 Å². The fraction of sp³-hybridized carbons (Fsp3) is 0.800. The lowest BCUT2D eigenvalue weighted by Crippen LogP contribution is -2.37. The highest BCUT2D eigenvalue weighted by molar-refractivity contribution is 5.76. The van der Waals surface area contributed by atoms with Gasteiger partial charge >= 0.3 is 0 Å². The van der Waals surface area contributed by atoms with Crippen LogP contribution in [0.4, 0.5) is 0 Å². The third-order valence-corrected chi connectivity index (χ3v) is 3.60. The molecule has 0 saturated carbocycles. The van der Waals surface area contributed by atoms with Gasteiger partial charge in [0.2, 0.25) is 0 Å². The first-order chi connectivity index (χ1) is 11.4. The van der Waals surface area contributed by atoms with Crippen LogP contribution in [0.3, 0.4) is 0 Å². The van der Waals surface area contributed by atoms with Crippen molar-refractivity contribution >= 4 is 17.9 Å². The topological polar surface area (TPSA) is 182 Å². The van der Waals surface area contributed by atoms with Gasteiger partial charge in [0.1, 0.15) is 0 Å². The second-order valence-electron chi connectivity index (χ2n) is 5.81. The Hall–Kier alpha value is -2.19. The zero-order chi connectivity index (χ0) is 18.2. The standard InChI is InChI=1S/C15H35N9/c16-13(17)22-9-5-1-3-7-11-24(15(20)21)12-8-4-2-6-10-23-14(18)19/h1-12H2,(H3,20,21)(H4,16,17,22)(H4,18,19,23). The number of unbranched alkanes of at least 4 members (excludes halogenated alkanes) is 6. The molecule has 9 heteroatoms. The third-order valence-electron chi connectivity index (χ3n) is 3.60. The van der Waals surface area contributed by atoms with Gasteiger partial charge in [-0.05, 0) is 25.7 Å². The summed E-state index contributed by atoms with van der Waals surface area (Å²) in [4.78, 5) is 9.84. The van der Waals surface area contributed by atoms with E-state index >= 15 is 0 Å². The molecule has 0 spiro atoms. The molecule has 0 aliphatic carbocycles. The number of guanidine groups is 3. The van der Waals surface area contributed by atoms with E-state index in [1.807, 2.05) is 4.90 Å². The molecule has 0 bridgehead atoms. The average Bonchev–Trinajstić information content (AvgIpc) is 2.50. The third kappa shape index (κ3) is 14.7. The quantitative estimate of drug-likeness (QED) is 0.145. The van der Waals surface area contributed by atoms with Crippen LogP contribution in [0.25, 0.3) is 0 Å². The number of hydrogen-bond donors (Lipinski definition) is 6. The Morgan fingerprint density at radius 3 is 1.33 bits per heavy atom. The van der Waals surface area contributed by atoms with Crippen molar-refractivity contribution in [3.63, 3.8) is 0 Å². The van der Waals surface area contributed by atoms with E-state index in [-0.39, 0.29) is 17.9 Å². The molecule has 0 saturated heterocycles. The van der Waals surface area contributed by atoms with E-state index in [1.165, 1.54) is 0 Å². The van der Waals surface area contributed by atoms with Crippen LogP contribution in [-0.4, -0.2) is 49.0 Å². The summed E-state index contributed by atoms with van der Waals surface area (Å²) in [6, 6.07) is 0. The van der Waals surface area contributed by atoms with Gasteiger partial charge in [-0.2, -0.15) is 0 Å². The Morgan fingerprint density at radius 1 is 0.625 bits per heavy atom. The van der Waals surface area contributed by atoms with E-state index in [0.717, 1.165) is 64.5 Å². The van der Waals surface area contributed by atoms with E-state index in [0.29, 0.717) is 13.1 Å². The summed E-state index contributed by atoms with van der Waals surface area (Å²) in [5.74, 6) is 0.447. The molecule has 0 aliphatic rings. The number of nitrogens with two attached hydrogens (primary N) is 5. The summed E-state index contributed by atoms with van der Waals surface area (Å²) < 4.78 is 0. The maximum Gasteiger partial charge on any atom is 0.188 e. The van der Waals surface area contributed by atoms with Gasteiger partial charge in [0, 0.05) is 26.2 Å². The van der Waals surface area contributed by atoms with Crippen LogP contribution in [0.1, 0.15) is 51.4 Å². The van der Waals surface area contributed by atoms with Crippen molar-refractivity contribution < 1.29 is 0 Å². The molecule has 24 heavy (non-hydrogen) atoms. The van der Waals surface area contributed by atoms with Crippen LogP contribution in [0.5, 0.6) is 0 Å². The monoisotopic (exact) mass is 341 g/mol. The smallest absolute Gasteiger partial charge is 0.188 e. The molecule has 0 aliphatic heterocycles. The van der Waals surface area contributed by atoms with E-state index < -0.39 is 0 Å². The lowest BCUT2D eigenvalue weighted by atomic mass is 10.1. The molecule has 0 amide bonds. The van der Waals surface area contributed by atoms with Gasteiger partial charge in [-0.15, -0.1) is 0 Å². The van der Waals surface area contributed by atoms with Crippen molar-refractivity contribution in [3.8, 4) is 0 Å². The second-order valence-corrected chi connectivity index (χ2v) is 5.81. The van der Waals surface area contributed by atoms with E-state index in [2.05, 4.69) is 9.98 Å². The number of aliphatic imine (C=N–C) groups is 2. The fourth-order valence-electron chi connectivity index (χ4n) is 2.31. The Balaban J connectivity index is 3.66. The number of nitrogens with zero attached hydrogens (tertiary/aromatic N) is 3. The predicted octanol–water partition coefficient (Wildman–Crippen LogP) is -0.151. The Kier molecular flexibility index (Phi) is 13.1. The number of hydrogen-bond acceptors (Lipinski definition) is 3. The summed E-state index contributed by atoms with van der Waals surface area (Å²) in [7, 11) is 0. The molecule has 0 aromatic heterocycles. The Morgan fingerprint density at radius 2 is 1.00 bits per heavy atom. The van der Waals surface area contributed by atoms with Gasteiger partial charge in [0.05, 0.1) is 0 Å². The van der Waals surface area contributed by atoms with Gasteiger partial charge in [0.15, 0.2) is 17.9 Å². The SMILES string of the molecule is N=C(N)N(CCCCCCN=C(N)N)CCCCCCN=C(N)N. The summed E-state index contributed by atoms with van der Waals surface area (Å²) >= 11 is 0. The maximum atomic E-state index is 7.65. The summed E-state index contributed by atoms with van der Waals surface area (Å²) in [6.45, 7) is 3.01. The van der Waals surface area contributed by atoms with Crippen molar-refractivity contribution in [2.45, 2.75) is 51.4 Å². The minimum Gasteiger partial charge on any atom is -0.370 e. The normalized spacial score (nSPS) is 10.2. The molecule has 0 fully saturated rings. The van der Waals surface area contributed by atoms with Gasteiger partial charge in [-0.25, -0.2) is 0 Å². The highest BCUT2D eigenvalue weighted by Crippen LogP contribution is 2.05. The molecule has 0 aromatic carbocycles. The van der Waals surface area contributed by atoms with Crippen molar-refractivity contribution in [2.75, 3.05) is 26.2 Å². The molecule has 140 valence electrons. The highest BCUT2D eigenvalue weighted by atomic mass is 15.2. The summed E-state index contributed by atoms with van der Waals surface area (Å²) in [6.07, 6.45) is 8.32. The van der Waals surface area contributed by atoms with Crippen LogP contribution in [-0.2, 0) is 0 Å². The van der Waals surface area contributed by atoms with Crippen LogP contribution in [0.15, 0.2) is 9.98 Å².